The van der Waals surface area contributed by atoms with Gasteiger partial charge in [-0.25, -0.2) is 4.98 Å². The zero-order chi connectivity index (χ0) is 10.4. The summed E-state index contributed by atoms with van der Waals surface area (Å²) in [5.74, 6) is 0.760. The molecule has 0 N–H and O–H groups in total. The first-order valence-electron chi connectivity index (χ1n) is 5.42. The first-order chi connectivity index (χ1) is 7.25. The minimum Gasteiger partial charge on any atom is -0.374 e. The van der Waals surface area contributed by atoms with Crippen LogP contribution in [0, 0.1) is 5.92 Å². The van der Waals surface area contributed by atoms with Gasteiger partial charge in [-0.05, 0) is 19.3 Å². The summed E-state index contributed by atoms with van der Waals surface area (Å²) in [5, 5.41) is 0. The van der Waals surface area contributed by atoms with Crippen molar-refractivity contribution in [3.8, 4) is 0 Å². The van der Waals surface area contributed by atoms with E-state index in [0.717, 1.165) is 19.3 Å². The van der Waals surface area contributed by atoms with E-state index in [2.05, 4.69) is 4.98 Å². The second kappa shape index (κ2) is 3.17. The van der Waals surface area contributed by atoms with Crippen molar-refractivity contribution in [1.29, 1.82) is 0 Å². The molecule has 2 aliphatic heterocycles. The molecular weight excluding hydrogens is 192 g/mol. The van der Waals surface area contributed by atoms with Crippen LogP contribution in [0.5, 0.6) is 0 Å². The normalized spacial score (nSPS) is 33.5. The van der Waals surface area contributed by atoms with Crippen LogP contribution < -0.4 is 0 Å². The van der Waals surface area contributed by atoms with Gasteiger partial charge in [0.05, 0.1) is 18.1 Å². The Morgan fingerprint density at radius 1 is 1.60 bits per heavy atom. The smallest absolute Gasteiger partial charge is 0.203 e. The third-order valence-corrected chi connectivity index (χ3v) is 3.48. The third kappa shape index (κ3) is 1.32. The third-order valence-electron chi connectivity index (χ3n) is 3.48. The maximum Gasteiger partial charge on any atom is 0.203 e. The van der Waals surface area contributed by atoms with Crippen molar-refractivity contribution in [1.82, 2.24) is 9.55 Å². The van der Waals surface area contributed by atoms with E-state index in [1.807, 2.05) is 7.05 Å². The number of imidazole rings is 1. The largest absolute Gasteiger partial charge is 0.374 e. The lowest BCUT2D eigenvalue weighted by molar-refractivity contribution is 0.0733. The maximum absolute atomic E-state index is 12.2. The number of ketones is 1. The van der Waals surface area contributed by atoms with E-state index < -0.39 is 0 Å². The highest BCUT2D eigenvalue weighted by Crippen LogP contribution is 2.39. The van der Waals surface area contributed by atoms with Gasteiger partial charge in [0.1, 0.15) is 0 Å². The molecule has 0 aromatic carbocycles. The first kappa shape index (κ1) is 9.09. The van der Waals surface area contributed by atoms with Crippen molar-refractivity contribution in [2.24, 2.45) is 13.0 Å². The van der Waals surface area contributed by atoms with Crippen molar-refractivity contribution >= 4 is 5.78 Å². The number of carbonyl (C=O) groups excluding carboxylic acids is 1. The van der Waals surface area contributed by atoms with E-state index >= 15 is 0 Å². The van der Waals surface area contributed by atoms with Gasteiger partial charge in [0.15, 0.2) is 5.82 Å². The summed E-state index contributed by atoms with van der Waals surface area (Å²) in [4.78, 5) is 16.3. The lowest BCUT2D eigenvalue weighted by atomic mass is 9.86. The molecule has 3 atom stereocenters. The second-order valence-electron chi connectivity index (χ2n) is 4.44. The number of rotatable bonds is 2. The van der Waals surface area contributed by atoms with Crippen LogP contribution in [-0.4, -0.2) is 27.5 Å². The molecule has 2 saturated heterocycles. The Hall–Kier alpha value is -1.16. The minimum absolute atomic E-state index is 0.0462. The van der Waals surface area contributed by atoms with Crippen molar-refractivity contribution < 1.29 is 9.53 Å². The van der Waals surface area contributed by atoms with Crippen LogP contribution in [0.15, 0.2) is 12.4 Å². The molecule has 15 heavy (non-hydrogen) atoms. The summed E-state index contributed by atoms with van der Waals surface area (Å²) in [6, 6.07) is 0. The molecule has 2 bridgehead atoms. The lowest BCUT2D eigenvalue weighted by Gasteiger charge is -2.16. The summed E-state index contributed by atoms with van der Waals surface area (Å²) in [7, 11) is 1.86. The molecule has 0 spiro atoms. The lowest BCUT2D eigenvalue weighted by Crippen LogP contribution is -2.27. The summed E-state index contributed by atoms with van der Waals surface area (Å²) < 4.78 is 7.47. The fourth-order valence-electron chi connectivity index (χ4n) is 2.68. The van der Waals surface area contributed by atoms with Gasteiger partial charge in [0.25, 0.3) is 0 Å². The minimum atomic E-state index is 0.0462. The van der Waals surface area contributed by atoms with Crippen molar-refractivity contribution in [3.05, 3.63) is 18.2 Å². The van der Waals surface area contributed by atoms with Crippen molar-refractivity contribution in [2.75, 3.05) is 0 Å². The summed E-state index contributed by atoms with van der Waals surface area (Å²) in [5.41, 5.74) is 0. The van der Waals surface area contributed by atoms with Crippen LogP contribution in [0.4, 0.5) is 0 Å². The molecule has 0 amide bonds. The quantitative estimate of drug-likeness (QED) is 0.682. The standard InChI is InChI=1S/C11H14N2O2/c1-13-5-4-12-11(13)10(14)8-6-7-2-3-9(8)15-7/h4-5,7-9H,2-3,6H2,1H3. The Kier molecular flexibility index (Phi) is 1.92. The molecule has 0 saturated carbocycles. The van der Waals surface area contributed by atoms with Crippen LogP contribution in [0.2, 0.25) is 0 Å². The molecule has 2 fully saturated rings. The molecule has 4 nitrogen and oxygen atoms in total. The van der Waals surface area contributed by atoms with Gasteiger partial charge in [-0.2, -0.15) is 0 Å². The van der Waals surface area contributed by atoms with Crippen LogP contribution >= 0.6 is 0 Å². The molecule has 2 aliphatic rings. The Balaban J connectivity index is 1.84. The molecule has 0 aliphatic carbocycles. The molecule has 3 unspecified atom stereocenters. The predicted octanol–water partition coefficient (Wildman–Crippen LogP) is 1.17. The maximum atomic E-state index is 12.2. The predicted molar refractivity (Wildman–Crippen MR) is 53.5 cm³/mol. The van der Waals surface area contributed by atoms with E-state index in [4.69, 9.17) is 4.74 Å². The fourth-order valence-corrected chi connectivity index (χ4v) is 2.68. The van der Waals surface area contributed by atoms with Gasteiger partial charge >= 0.3 is 0 Å². The second-order valence-corrected chi connectivity index (χ2v) is 4.44. The van der Waals surface area contributed by atoms with Crippen LogP contribution in [0.25, 0.3) is 0 Å². The van der Waals surface area contributed by atoms with E-state index in [0.29, 0.717) is 11.9 Å². The molecule has 1 aromatic heterocycles. The molecule has 3 heterocycles. The number of fused-ring (bicyclic) bond motifs is 2. The van der Waals surface area contributed by atoms with Gasteiger partial charge < -0.3 is 9.30 Å². The highest BCUT2D eigenvalue weighted by atomic mass is 16.5. The number of carbonyl (C=O) groups is 1. The van der Waals surface area contributed by atoms with Gasteiger partial charge in [0.2, 0.25) is 5.78 Å². The zero-order valence-corrected chi connectivity index (χ0v) is 8.72. The summed E-state index contributed by atoms with van der Waals surface area (Å²) in [6.07, 6.45) is 6.99. The monoisotopic (exact) mass is 206 g/mol. The number of aryl methyl sites for hydroxylation is 1. The fraction of sp³-hybridized carbons (Fsp3) is 0.636. The summed E-state index contributed by atoms with van der Waals surface area (Å²) in [6.45, 7) is 0. The van der Waals surface area contributed by atoms with Gasteiger partial charge in [-0.1, -0.05) is 0 Å². The number of nitrogens with zero attached hydrogens (tertiary/aromatic N) is 2. The average molecular weight is 206 g/mol. The number of hydrogen-bond acceptors (Lipinski definition) is 3. The van der Waals surface area contributed by atoms with Gasteiger partial charge in [-0.3, -0.25) is 4.79 Å². The topological polar surface area (TPSA) is 44.1 Å². The number of aromatic nitrogens is 2. The van der Waals surface area contributed by atoms with Crippen LogP contribution in [-0.2, 0) is 11.8 Å². The zero-order valence-electron chi connectivity index (χ0n) is 8.72. The van der Waals surface area contributed by atoms with Gasteiger partial charge in [-0.15, -0.1) is 0 Å². The van der Waals surface area contributed by atoms with E-state index in [-0.39, 0.29) is 17.8 Å². The molecular formula is C11H14N2O2. The van der Waals surface area contributed by atoms with E-state index in [9.17, 15) is 4.79 Å². The molecule has 3 rings (SSSR count). The molecule has 0 radical (unpaired) electrons. The Morgan fingerprint density at radius 3 is 3.00 bits per heavy atom. The number of ether oxygens (including phenoxy) is 1. The molecule has 1 aromatic rings. The van der Waals surface area contributed by atoms with E-state index in [1.165, 1.54) is 0 Å². The number of Topliss-reactive ketones (excluding diaryl/α,β-unsaturated/α-hetero) is 1. The SMILES string of the molecule is Cn1ccnc1C(=O)C1CC2CCC1O2. The highest BCUT2D eigenvalue weighted by molar-refractivity contribution is 5.95. The van der Waals surface area contributed by atoms with Gasteiger partial charge in [0, 0.05) is 19.4 Å². The van der Waals surface area contributed by atoms with Crippen molar-refractivity contribution in [2.45, 2.75) is 31.5 Å². The van der Waals surface area contributed by atoms with Crippen LogP contribution in [0.1, 0.15) is 29.9 Å². The van der Waals surface area contributed by atoms with E-state index in [1.54, 1.807) is 17.0 Å². The average Bonchev–Trinajstić information content (AvgIpc) is 2.91. The molecule has 4 heteroatoms. The van der Waals surface area contributed by atoms with Crippen LogP contribution in [0.3, 0.4) is 0 Å². The highest BCUT2D eigenvalue weighted by Gasteiger charge is 2.45. The van der Waals surface area contributed by atoms with Crippen molar-refractivity contribution in [3.63, 3.8) is 0 Å². The Morgan fingerprint density at radius 2 is 2.47 bits per heavy atom. The molecule has 80 valence electrons. The Labute approximate surface area is 88.3 Å². The first-order valence-corrected chi connectivity index (χ1v) is 5.42. The number of hydrogen-bond donors (Lipinski definition) is 0. The Bertz CT molecular complexity index is 399. The summed E-state index contributed by atoms with van der Waals surface area (Å²) >= 11 is 0.